The number of amides is 1. The Balaban J connectivity index is 3.12. The van der Waals surface area contributed by atoms with Gasteiger partial charge in [0, 0.05) is 19.1 Å². The number of ether oxygens (including phenoxy) is 1. The summed E-state index contributed by atoms with van der Waals surface area (Å²) in [6.45, 7) is 0. The normalized spacial score (nSPS) is 22.2. The van der Waals surface area contributed by atoms with E-state index < -0.39 is 12.1 Å². The van der Waals surface area contributed by atoms with Gasteiger partial charge in [-0.05, 0) is 5.53 Å². The maximum absolute atomic E-state index is 11.2. The SMILES string of the molecule is COC1C(N=[N+]=[N-])=C(Cl)C(=O)N1C. The molecular weight excluding hydrogens is 196 g/mol. The van der Waals surface area contributed by atoms with E-state index in [-0.39, 0.29) is 10.7 Å². The summed E-state index contributed by atoms with van der Waals surface area (Å²) in [7, 11) is 2.91. The first-order valence-electron chi connectivity index (χ1n) is 3.38. The van der Waals surface area contributed by atoms with E-state index in [1.807, 2.05) is 0 Å². The summed E-state index contributed by atoms with van der Waals surface area (Å²) < 4.78 is 4.93. The number of azide groups is 1. The quantitative estimate of drug-likeness (QED) is 0.383. The first kappa shape index (κ1) is 9.85. The van der Waals surface area contributed by atoms with Gasteiger partial charge in [-0.15, -0.1) is 0 Å². The summed E-state index contributed by atoms with van der Waals surface area (Å²) in [5, 5.41) is 3.21. The van der Waals surface area contributed by atoms with Crippen LogP contribution in [0.1, 0.15) is 0 Å². The van der Waals surface area contributed by atoms with Gasteiger partial charge in [-0.1, -0.05) is 16.7 Å². The lowest BCUT2D eigenvalue weighted by atomic mass is 10.4. The van der Waals surface area contributed by atoms with E-state index in [0.717, 1.165) is 0 Å². The number of halogens is 1. The number of hydrogen-bond acceptors (Lipinski definition) is 3. The van der Waals surface area contributed by atoms with Crippen LogP contribution in [-0.4, -0.2) is 31.2 Å². The first-order valence-corrected chi connectivity index (χ1v) is 3.76. The molecule has 1 heterocycles. The second-order valence-electron chi connectivity index (χ2n) is 2.39. The molecule has 1 amide bonds. The Kier molecular flexibility index (Phi) is 2.77. The van der Waals surface area contributed by atoms with Gasteiger partial charge in [0.1, 0.15) is 5.03 Å². The number of methoxy groups -OCH3 is 1. The van der Waals surface area contributed by atoms with Crippen molar-refractivity contribution in [3.63, 3.8) is 0 Å². The van der Waals surface area contributed by atoms with Gasteiger partial charge in [0.25, 0.3) is 5.91 Å². The highest BCUT2D eigenvalue weighted by atomic mass is 35.5. The molecule has 0 spiro atoms. The predicted molar refractivity (Wildman–Crippen MR) is 45.6 cm³/mol. The van der Waals surface area contributed by atoms with Crippen molar-refractivity contribution >= 4 is 17.5 Å². The molecule has 1 atom stereocenters. The molecule has 13 heavy (non-hydrogen) atoms. The van der Waals surface area contributed by atoms with Gasteiger partial charge in [0.15, 0.2) is 6.23 Å². The van der Waals surface area contributed by atoms with Gasteiger partial charge >= 0.3 is 0 Å². The van der Waals surface area contributed by atoms with Gasteiger partial charge < -0.3 is 9.64 Å². The Morgan fingerprint density at radius 3 is 2.85 bits per heavy atom. The Hall–Kier alpha value is -1.23. The largest absolute Gasteiger partial charge is 0.357 e. The molecule has 0 aromatic heterocycles. The molecule has 0 radical (unpaired) electrons. The van der Waals surface area contributed by atoms with Crippen molar-refractivity contribution in [1.82, 2.24) is 4.90 Å². The molecule has 0 bridgehead atoms. The molecule has 0 saturated heterocycles. The Morgan fingerprint density at radius 2 is 2.38 bits per heavy atom. The van der Waals surface area contributed by atoms with Crippen LogP contribution in [0.3, 0.4) is 0 Å². The van der Waals surface area contributed by atoms with E-state index in [2.05, 4.69) is 10.0 Å². The summed E-state index contributed by atoms with van der Waals surface area (Å²) in [4.78, 5) is 15.0. The van der Waals surface area contributed by atoms with E-state index in [1.165, 1.54) is 19.1 Å². The maximum Gasteiger partial charge on any atom is 0.267 e. The molecule has 0 aromatic rings. The summed E-state index contributed by atoms with van der Waals surface area (Å²) >= 11 is 5.62. The van der Waals surface area contributed by atoms with Crippen molar-refractivity contribution < 1.29 is 9.53 Å². The van der Waals surface area contributed by atoms with Crippen molar-refractivity contribution in [2.75, 3.05) is 14.2 Å². The molecule has 1 aliphatic heterocycles. The third kappa shape index (κ3) is 1.47. The van der Waals surface area contributed by atoms with Gasteiger partial charge in [0.05, 0.1) is 5.70 Å². The monoisotopic (exact) mass is 202 g/mol. The molecule has 1 unspecified atom stereocenters. The smallest absolute Gasteiger partial charge is 0.267 e. The number of hydrogen-bond donors (Lipinski definition) is 0. The zero-order chi connectivity index (χ0) is 10.0. The van der Waals surface area contributed by atoms with Gasteiger partial charge in [-0.25, -0.2) is 0 Å². The van der Waals surface area contributed by atoms with Gasteiger partial charge in [0.2, 0.25) is 0 Å². The molecule has 7 heteroatoms. The van der Waals surface area contributed by atoms with Gasteiger partial charge in [-0.2, -0.15) is 0 Å². The van der Waals surface area contributed by atoms with Crippen LogP contribution in [-0.2, 0) is 9.53 Å². The van der Waals surface area contributed by atoms with Crippen LogP contribution in [0.15, 0.2) is 15.8 Å². The number of nitrogens with zero attached hydrogens (tertiary/aromatic N) is 4. The average Bonchev–Trinajstić information content (AvgIpc) is 2.32. The zero-order valence-corrected chi connectivity index (χ0v) is 7.82. The molecule has 0 fully saturated rings. The molecule has 0 N–H and O–H groups in total. The van der Waals surface area contributed by atoms with Crippen molar-refractivity contribution in [3.05, 3.63) is 21.2 Å². The fourth-order valence-electron chi connectivity index (χ4n) is 1.07. The second kappa shape index (κ2) is 3.66. The Labute approximate surface area is 79.3 Å². The molecule has 0 aromatic carbocycles. The third-order valence-electron chi connectivity index (χ3n) is 1.69. The van der Waals surface area contributed by atoms with Gasteiger partial charge in [-0.3, -0.25) is 4.79 Å². The Morgan fingerprint density at radius 1 is 1.77 bits per heavy atom. The highest BCUT2D eigenvalue weighted by molar-refractivity contribution is 6.43. The molecule has 1 rings (SSSR count). The minimum absolute atomic E-state index is 0.0906. The maximum atomic E-state index is 11.2. The topological polar surface area (TPSA) is 78.3 Å². The van der Waals surface area contributed by atoms with E-state index in [9.17, 15) is 4.79 Å². The molecule has 0 aliphatic carbocycles. The first-order chi connectivity index (χ1) is 6.13. The molecule has 6 nitrogen and oxygen atoms in total. The molecule has 1 aliphatic rings. The minimum Gasteiger partial charge on any atom is -0.357 e. The summed E-state index contributed by atoms with van der Waals surface area (Å²) in [6.07, 6.45) is -0.684. The lowest BCUT2D eigenvalue weighted by Crippen LogP contribution is -2.32. The summed E-state index contributed by atoms with van der Waals surface area (Å²) in [5.74, 6) is -0.407. The zero-order valence-electron chi connectivity index (χ0n) is 7.06. The highest BCUT2D eigenvalue weighted by Gasteiger charge is 2.35. The van der Waals surface area contributed by atoms with E-state index in [4.69, 9.17) is 21.9 Å². The van der Waals surface area contributed by atoms with E-state index >= 15 is 0 Å². The average molecular weight is 203 g/mol. The highest BCUT2D eigenvalue weighted by Crippen LogP contribution is 2.28. The minimum atomic E-state index is -0.684. The Bertz CT molecular complexity index is 321. The molecular formula is C6H7ClN4O2. The van der Waals surface area contributed by atoms with Crippen LogP contribution in [0.2, 0.25) is 0 Å². The van der Waals surface area contributed by atoms with E-state index in [0.29, 0.717) is 0 Å². The van der Waals surface area contributed by atoms with Crippen LogP contribution in [0.25, 0.3) is 10.4 Å². The van der Waals surface area contributed by atoms with Crippen LogP contribution >= 0.6 is 11.6 Å². The summed E-state index contributed by atoms with van der Waals surface area (Å²) in [6, 6.07) is 0. The van der Waals surface area contributed by atoms with E-state index in [1.54, 1.807) is 0 Å². The predicted octanol–water partition coefficient (Wildman–Crippen LogP) is 1.19. The third-order valence-corrected chi connectivity index (χ3v) is 2.05. The van der Waals surface area contributed by atoms with Crippen LogP contribution < -0.4 is 0 Å². The van der Waals surface area contributed by atoms with Crippen LogP contribution in [0, 0.1) is 0 Å². The second-order valence-corrected chi connectivity index (χ2v) is 2.77. The standard InChI is InChI=1S/C6H7ClN4O2/c1-11-5(12)3(7)4(9-10-8)6(11)13-2/h6H,1-2H3. The number of carbonyl (C=O) groups excluding carboxylic acids is 1. The van der Waals surface area contributed by atoms with Crippen molar-refractivity contribution in [2.45, 2.75) is 6.23 Å². The van der Waals surface area contributed by atoms with Crippen molar-refractivity contribution in [3.8, 4) is 0 Å². The fraction of sp³-hybridized carbons (Fsp3) is 0.500. The molecule has 70 valence electrons. The lowest BCUT2D eigenvalue weighted by Gasteiger charge is -2.18. The lowest BCUT2D eigenvalue weighted by molar-refractivity contribution is -0.130. The van der Waals surface area contributed by atoms with Crippen molar-refractivity contribution in [2.24, 2.45) is 5.11 Å². The number of rotatable bonds is 2. The number of carbonyl (C=O) groups is 1. The summed E-state index contributed by atoms with van der Waals surface area (Å²) in [5.41, 5.74) is 8.32. The van der Waals surface area contributed by atoms with Crippen LogP contribution in [0.4, 0.5) is 0 Å². The molecule has 0 saturated carbocycles. The number of likely N-dealkylation sites (N-methyl/N-ethyl adjacent to an activating group) is 1. The van der Waals surface area contributed by atoms with Crippen LogP contribution in [0.5, 0.6) is 0 Å². The van der Waals surface area contributed by atoms with Crippen molar-refractivity contribution in [1.29, 1.82) is 0 Å². The fourth-order valence-corrected chi connectivity index (χ4v) is 1.34.